The Bertz CT molecular complexity index is 1420. The molecule has 0 atom stereocenters. The van der Waals surface area contributed by atoms with Crippen molar-refractivity contribution in [3.8, 4) is 0 Å². The molecule has 1 aliphatic rings. The summed E-state index contributed by atoms with van der Waals surface area (Å²) >= 11 is 0. The fraction of sp³-hybridized carbons (Fsp3) is 0.346. The normalized spacial score (nSPS) is 15.2. The van der Waals surface area contributed by atoms with Crippen molar-refractivity contribution in [1.82, 2.24) is 14.7 Å². The molecule has 4 aromatic rings. The molecule has 1 aromatic heterocycles. The lowest BCUT2D eigenvalue weighted by molar-refractivity contribution is 0.313. The number of nitrogens with zero attached hydrogens (tertiary/aromatic N) is 4. The van der Waals surface area contributed by atoms with Gasteiger partial charge in [0.15, 0.2) is 5.03 Å². The number of sulfone groups is 1. The SMILES string of the molecule is CC(C)Cn1nc(S(=O)(=O)c2cccc3ccccc23)c2cc(N3CCN(C)CC3)ccc21.Cl. The lowest BCUT2D eigenvalue weighted by Crippen LogP contribution is -2.44. The molecule has 0 radical (unpaired) electrons. The second-order valence-corrected chi connectivity index (χ2v) is 11.2. The smallest absolute Gasteiger partial charge is 0.226 e. The third-order valence-corrected chi connectivity index (χ3v) is 8.15. The van der Waals surface area contributed by atoms with E-state index in [1.807, 2.05) is 47.1 Å². The molecular weight excluding hydrogens is 468 g/mol. The van der Waals surface area contributed by atoms with E-state index in [2.05, 4.69) is 41.9 Å². The van der Waals surface area contributed by atoms with Gasteiger partial charge in [0, 0.05) is 49.2 Å². The summed E-state index contributed by atoms with van der Waals surface area (Å²) in [6.45, 7) is 8.73. The lowest BCUT2D eigenvalue weighted by Gasteiger charge is -2.34. The van der Waals surface area contributed by atoms with E-state index in [4.69, 9.17) is 0 Å². The van der Waals surface area contributed by atoms with E-state index in [1.54, 1.807) is 12.1 Å². The summed E-state index contributed by atoms with van der Waals surface area (Å²) in [5.41, 5.74) is 1.91. The van der Waals surface area contributed by atoms with E-state index >= 15 is 0 Å². The Balaban J connectivity index is 0.00000274. The van der Waals surface area contributed by atoms with Crippen LogP contribution in [-0.2, 0) is 16.4 Å². The summed E-state index contributed by atoms with van der Waals surface area (Å²) in [4.78, 5) is 4.95. The highest BCUT2D eigenvalue weighted by atomic mass is 35.5. The Kier molecular flexibility index (Phi) is 6.90. The molecule has 2 heterocycles. The fourth-order valence-corrected chi connectivity index (χ4v) is 6.22. The minimum Gasteiger partial charge on any atom is -0.369 e. The second kappa shape index (κ2) is 9.56. The van der Waals surface area contributed by atoms with E-state index in [1.165, 1.54) is 0 Å². The fourth-order valence-electron chi connectivity index (χ4n) is 4.62. The van der Waals surface area contributed by atoms with Gasteiger partial charge in [-0.05, 0) is 42.6 Å². The number of piperazine rings is 1. The molecule has 0 spiro atoms. The maximum atomic E-state index is 14.0. The molecule has 6 nitrogen and oxygen atoms in total. The molecule has 0 saturated carbocycles. The van der Waals surface area contributed by atoms with Gasteiger partial charge in [-0.3, -0.25) is 4.68 Å². The van der Waals surface area contributed by atoms with E-state index in [0.717, 1.165) is 48.2 Å². The Hall–Kier alpha value is -2.61. The Labute approximate surface area is 207 Å². The Morgan fingerprint density at radius 1 is 0.912 bits per heavy atom. The predicted molar refractivity (Wildman–Crippen MR) is 141 cm³/mol. The molecule has 0 unspecified atom stereocenters. The highest BCUT2D eigenvalue weighted by Crippen LogP contribution is 2.34. The van der Waals surface area contributed by atoms with Crippen molar-refractivity contribution >= 4 is 49.6 Å². The van der Waals surface area contributed by atoms with Crippen molar-refractivity contribution in [1.29, 1.82) is 0 Å². The number of anilines is 1. The van der Waals surface area contributed by atoms with Gasteiger partial charge in [0.05, 0.1) is 10.4 Å². The highest BCUT2D eigenvalue weighted by molar-refractivity contribution is 7.91. The zero-order chi connectivity index (χ0) is 23.2. The molecule has 1 aliphatic heterocycles. The van der Waals surface area contributed by atoms with Crippen LogP contribution in [0, 0.1) is 5.92 Å². The van der Waals surface area contributed by atoms with Crippen LogP contribution in [-0.4, -0.2) is 56.3 Å². The quantitative estimate of drug-likeness (QED) is 0.393. The maximum Gasteiger partial charge on any atom is 0.226 e. The van der Waals surface area contributed by atoms with Crippen LogP contribution >= 0.6 is 12.4 Å². The van der Waals surface area contributed by atoms with Crippen molar-refractivity contribution in [3.05, 3.63) is 60.7 Å². The number of aromatic nitrogens is 2. The van der Waals surface area contributed by atoms with Crippen LogP contribution in [0.2, 0.25) is 0 Å². The standard InChI is InChI=1S/C26H30N4O2S.ClH/c1-19(2)18-30-24-12-11-21(29-15-13-28(3)14-16-29)17-23(24)26(27-30)33(31,32)25-10-6-8-20-7-4-5-9-22(20)25;/h4-12,17,19H,13-16,18H2,1-3H3;1H. The topological polar surface area (TPSA) is 58.4 Å². The predicted octanol–water partition coefficient (Wildman–Crippen LogP) is 4.85. The maximum absolute atomic E-state index is 14.0. The molecule has 0 aliphatic carbocycles. The molecule has 34 heavy (non-hydrogen) atoms. The van der Waals surface area contributed by atoms with Crippen LogP contribution < -0.4 is 4.90 Å². The van der Waals surface area contributed by atoms with Gasteiger partial charge in [0.25, 0.3) is 0 Å². The molecule has 1 saturated heterocycles. The minimum absolute atomic E-state index is 0. The first kappa shape index (κ1) is 24.5. The van der Waals surface area contributed by atoms with Crippen LogP contribution in [0.15, 0.2) is 70.6 Å². The molecule has 1 fully saturated rings. The summed E-state index contributed by atoms with van der Waals surface area (Å²) in [6.07, 6.45) is 0. The zero-order valence-electron chi connectivity index (χ0n) is 19.8. The third kappa shape index (κ3) is 4.40. The van der Waals surface area contributed by atoms with Gasteiger partial charge in [-0.15, -0.1) is 12.4 Å². The minimum atomic E-state index is -3.82. The van der Waals surface area contributed by atoms with Gasteiger partial charge in [0.1, 0.15) is 0 Å². The van der Waals surface area contributed by atoms with E-state index in [9.17, 15) is 8.42 Å². The number of fused-ring (bicyclic) bond motifs is 2. The molecule has 0 bridgehead atoms. The summed E-state index contributed by atoms with van der Waals surface area (Å²) in [5.74, 6) is 0.346. The van der Waals surface area contributed by atoms with Crippen LogP contribution in [0.1, 0.15) is 13.8 Å². The van der Waals surface area contributed by atoms with Gasteiger partial charge in [-0.25, -0.2) is 8.42 Å². The zero-order valence-corrected chi connectivity index (χ0v) is 21.4. The van der Waals surface area contributed by atoms with Gasteiger partial charge >= 0.3 is 0 Å². The Morgan fingerprint density at radius 2 is 1.62 bits per heavy atom. The first-order chi connectivity index (χ1) is 15.8. The first-order valence-electron chi connectivity index (χ1n) is 11.5. The molecule has 0 amide bonds. The third-order valence-electron chi connectivity index (χ3n) is 6.40. The van der Waals surface area contributed by atoms with Crippen LogP contribution in [0.5, 0.6) is 0 Å². The monoisotopic (exact) mass is 498 g/mol. The van der Waals surface area contributed by atoms with E-state index in [-0.39, 0.29) is 17.4 Å². The van der Waals surface area contributed by atoms with E-state index in [0.29, 0.717) is 22.7 Å². The molecule has 0 N–H and O–H groups in total. The summed E-state index contributed by atoms with van der Waals surface area (Å²) in [7, 11) is -1.69. The molecule has 3 aromatic carbocycles. The summed E-state index contributed by atoms with van der Waals surface area (Å²) in [5, 5.41) is 7.15. The number of benzene rings is 3. The van der Waals surface area contributed by atoms with Crippen molar-refractivity contribution in [2.24, 2.45) is 5.92 Å². The van der Waals surface area contributed by atoms with Crippen LogP contribution in [0.4, 0.5) is 5.69 Å². The number of halogens is 1. The van der Waals surface area contributed by atoms with Crippen molar-refractivity contribution < 1.29 is 8.42 Å². The van der Waals surface area contributed by atoms with Gasteiger partial charge in [-0.2, -0.15) is 5.10 Å². The molecule has 5 rings (SSSR count). The van der Waals surface area contributed by atoms with Crippen LogP contribution in [0.3, 0.4) is 0 Å². The summed E-state index contributed by atoms with van der Waals surface area (Å²) < 4.78 is 29.8. The van der Waals surface area contributed by atoms with Crippen molar-refractivity contribution in [2.45, 2.75) is 30.3 Å². The largest absolute Gasteiger partial charge is 0.369 e. The number of hydrogen-bond acceptors (Lipinski definition) is 5. The molecular formula is C26H31ClN4O2S. The Morgan fingerprint density at radius 3 is 2.35 bits per heavy atom. The van der Waals surface area contributed by atoms with Crippen molar-refractivity contribution in [3.63, 3.8) is 0 Å². The number of rotatable bonds is 5. The van der Waals surface area contributed by atoms with Gasteiger partial charge in [-0.1, -0.05) is 50.2 Å². The van der Waals surface area contributed by atoms with Crippen LogP contribution in [0.25, 0.3) is 21.7 Å². The highest BCUT2D eigenvalue weighted by Gasteiger charge is 2.28. The summed E-state index contributed by atoms with van der Waals surface area (Å²) in [6, 6.07) is 19.2. The average Bonchev–Trinajstić information content (AvgIpc) is 3.17. The first-order valence-corrected chi connectivity index (χ1v) is 13.0. The van der Waals surface area contributed by atoms with E-state index < -0.39 is 9.84 Å². The van der Waals surface area contributed by atoms with Gasteiger partial charge in [0.2, 0.25) is 9.84 Å². The second-order valence-electron chi connectivity index (χ2n) is 9.35. The molecule has 8 heteroatoms. The molecule has 180 valence electrons. The van der Waals surface area contributed by atoms with Gasteiger partial charge < -0.3 is 9.80 Å². The average molecular weight is 499 g/mol. The number of hydrogen-bond donors (Lipinski definition) is 0. The number of likely N-dealkylation sites (N-methyl/N-ethyl adjacent to an activating group) is 1. The lowest BCUT2D eigenvalue weighted by atomic mass is 10.1. The van der Waals surface area contributed by atoms with Crippen molar-refractivity contribution in [2.75, 3.05) is 38.1 Å².